The van der Waals surface area contributed by atoms with E-state index in [0.717, 1.165) is 16.8 Å². The summed E-state index contributed by atoms with van der Waals surface area (Å²) in [6, 6.07) is 18.3. The zero-order chi connectivity index (χ0) is 29.3. The summed E-state index contributed by atoms with van der Waals surface area (Å²) < 4.78 is 16.1. The molecule has 2 aliphatic rings. The van der Waals surface area contributed by atoms with Gasteiger partial charge in [-0.25, -0.2) is 0 Å². The monoisotopic (exact) mass is 554 g/mol. The number of aromatic hydroxyl groups is 1. The van der Waals surface area contributed by atoms with Crippen molar-refractivity contribution in [1.29, 1.82) is 0 Å². The van der Waals surface area contributed by atoms with Gasteiger partial charge in [-0.05, 0) is 73.7 Å². The third-order valence-electron chi connectivity index (χ3n) is 7.80. The predicted octanol–water partition coefficient (Wildman–Crippen LogP) is 5.73. The number of methoxy groups -OCH3 is 3. The van der Waals surface area contributed by atoms with Crippen molar-refractivity contribution in [3.05, 3.63) is 99.9 Å². The lowest BCUT2D eigenvalue weighted by atomic mass is 9.71. The number of ether oxygens (including phenoxy) is 3. The normalized spacial score (nSPS) is 18.4. The van der Waals surface area contributed by atoms with E-state index in [1.54, 1.807) is 32.4 Å². The number of carbonyl (C=O) groups is 2. The average molecular weight is 555 g/mol. The van der Waals surface area contributed by atoms with Crippen LogP contribution in [-0.4, -0.2) is 38.1 Å². The molecule has 0 bridgehead atoms. The summed E-state index contributed by atoms with van der Waals surface area (Å²) in [6.45, 7) is 3.82. The molecular formula is C33H34N2O6. The Bertz CT molecular complexity index is 1570. The van der Waals surface area contributed by atoms with E-state index < -0.39 is 5.92 Å². The van der Waals surface area contributed by atoms with Crippen molar-refractivity contribution < 1.29 is 28.9 Å². The second-order valence-corrected chi connectivity index (χ2v) is 10.4. The largest absolute Gasteiger partial charge is 0.504 e. The van der Waals surface area contributed by atoms with Gasteiger partial charge in [-0.1, -0.05) is 29.8 Å². The van der Waals surface area contributed by atoms with Gasteiger partial charge < -0.3 is 30.0 Å². The van der Waals surface area contributed by atoms with E-state index in [9.17, 15) is 14.7 Å². The lowest BCUT2D eigenvalue weighted by Gasteiger charge is -2.37. The first-order valence-electron chi connectivity index (χ1n) is 13.4. The Hall–Kier alpha value is -4.72. The van der Waals surface area contributed by atoms with Gasteiger partial charge in [0, 0.05) is 40.6 Å². The molecule has 5 rings (SSSR count). The summed E-state index contributed by atoms with van der Waals surface area (Å²) in [7, 11) is 4.65. The van der Waals surface area contributed by atoms with Gasteiger partial charge in [-0.3, -0.25) is 9.59 Å². The number of rotatable bonds is 7. The van der Waals surface area contributed by atoms with Crippen molar-refractivity contribution in [2.75, 3.05) is 26.6 Å². The Morgan fingerprint density at radius 3 is 2.17 bits per heavy atom. The number of amides is 1. The molecule has 8 heteroatoms. The van der Waals surface area contributed by atoms with Gasteiger partial charge in [-0.2, -0.15) is 0 Å². The van der Waals surface area contributed by atoms with Crippen LogP contribution in [0.1, 0.15) is 48.3 Å². The second-order valence-electron chi connectivity index (χ2n) is 10.4. The minimum atomic E-state index is -0.674. The summed E-state index contributed by atoms with van der Waals surface area (Å²) in [5.74, 6) is 0.330. The first kappa shape index (κ1) is 27.8. The van der Waals surface area contributed by atoms with Crippen LogP contribution in [-0.2, 0) is 9.59 Å². The number of ketones is 1. The zero-order valence-corrected chi connectivity index (χ0v) is 23.8. The summed E-state index contributed by atoms with van der Waals surface area (Å²) >= 11 is 0. The van der Waals surface area contributed by atoms with Gasteiger partial charge in [0.25, 0.3) is 5.91 Å². The number of hydrogen-bond donors (Lipinski definition) is 3. The standard InChI is InChI=1S/C33H34N2O6/c1-18-6-10-23(11-7-18)35-33(38)30-19(2)34-24-14-22(20-8-13-28(40-4)29(17-20)41-5)16-26(37)32(24)31(30)21-9-12-27(39-3)25(36)15-21/h6-13,15,17,22,31,34,36H,14,16H2,1-5H3,(H,35,38)/t22-,31+/m0/s1. The number of allylic oxidation sites excluding steroid dienone is 3. The van der Waals surface area contributed by atoms with Crippen LogP contribution in [0.3, 0.4) is 0 Å². The maximum absolute atomic E-state index is 14.0. The lowest BCUT2D eigenvalue weighted by Crippen LogP contribution is -2.37. The maximum atomic E-state index is 14.0. The quantitative estimate of drug-likeness (QED) is 0.343. The number of benzene rings is 3. The number of nitrogens with one attached hydrogen (secondary N) is 2. The van der Waals surface area contributed by atoms with Crippen LogP contribution in [0.15, 0.2) is 83.2 Å². The minimum Gasteiger partial charge on any atom is -0.504 e. The molecule has 0 spiro atoms. The summed E-state index contributed by atoms with van der Waals surface area (Å²) in [6.07, 6.45) is 0.833. The van der Waals surface area contributed by atoms with Crippen molar-refractivity contribution in [3.63, 3.8) is 0 Å². The third-order valence-corrected chi connectivity index (χ3v) is 7.80. The van der Waals surface area contributed by atoms with Gasteiger partial charge >= 0.3 is 0 Å². The number of aryl methyl sites for hydroxylation is 1. The molecule has 0 saturated heterocycles. The SMILES string of the molecule is COc1ccc([C@@H]2C(C(=O)Nc3ccc(C)cc3)=C(C)NC3=C2C(=O)C[C@@H](c2ccc(OC)c(OC)c2)C3)cc1O. The highest BCUT2D eigenvalue weighted by Gasteiger charge is 2.41. The smallest absolute Gasteiger partial charge is 0.254 e. The van der Waals surface area contributed by atoms with E-state index in [4.69, 9.17) is 14.2 Å². The molecule has 8 nitrogen and oxygen atoms in total. The first-order chi connectivity index (χ1) is 19.7. The molecule has 3 N–H and O–H groups in total. The maximum Gasteiger partial charge on any atom is 0.254 e. The van der Waals surface area contributed by atoms with Crippen molar-refractivity contribution in [2.45, 2.75) is 38.5 Å². The molecule has 41 heavy (non-hydrogen) atoms. The Labute approximate surface area is 239 Å². The molecular weight excluding hydrogens is 520 g/mol. The van der Waals surface area contributed by atoms with Crippen LogP contribution in [0.5, 0.6) is 23.0 Å². The molecule has 0 aromatic heterocycles. The number of anilines is 1. The molecule has 212 valence electrons. The van der Waals surface area contributed by atoms with Gasteiger partial charge in [-0.15, -0.1) is 0 Å². The summed E-state index contributed by atoms with van der Waals surface area (Å²) in [4.78, 5) is 27.8. The highest BCUT2D eigenvalue weighted by molar-refractivity contribution is 6.10. The molecule has 0 unspecified atom stereocenters. The summed E-state index contributed by atoms with van der Waals surface area (Å²) in [5, 5.41) is 17.0. The van der Waals surface area contributed by atoms with Crippen molar-refractivity contribution in [3.8, 4) is 23.0 Å². The van der Waals surface area contributed by atoms with Crippen molar-refractivity contribution >= 4 is 17.4 Å². The molecule has 1 heterocycles. The molecule has 1 amide bonds. The minimum absolute atomic E-state index is 0.0620. The van der Waals surface area contributed by atoms with Crippen LogP contribution < -0.4 is 24.8 Å². The van der Waals surface area contributed by atoms with Crippen LogP contribution in [0.2, 0.25) is 0 Å². The predicted molar refractivity (Wildman–Crippen MR) is 157 cm³/mol. The highest BCUT2D eigenvalue weighted by atomic mass is 16.5. The molecule has 1 aliphatic carbocycles. The van der Waals surface area contributed by atoms with Gasteiger partial charge in [0.15, 0.2) is 28.8 Å². The van der Waals surface area contributed by atoms with Crippen LogP contribution in [0, 0.1) is 6.92 Å². The summed E-state index contributed by atoms with van der Waals surface area (Å²) in [5.41, 5.74) is 5.70. The molecule has 2 atom stereocenters. The van der Waals surface area contributed by atoms with Crippen LogP contribution in [0.25, 0.3) is 0 Å². The van der Waals surface area contributed by atoms with Crippen molar-refractivity contribution in [1.82, 2.24) is 5.32 Å². The molecule has 0 saturated carbocycles. The highest BCUT2D eigenvalue weighted by Crippen LogP contribution is 2.47. The molecule has 3 aromatic rings. The molecule has 3 aromatic carbocycles. The van der Waals surface area contributed by atoms with Crippen molar-refractivity contribution in [2.24, 2.45) is 0 Å². The van der Waals surface area contributed by atoms with E-state index in [1.807, 2.05) is 56.3 Å². The Kier molecular flexibility index (Phi) is 7.75. The van der Waals surface area contributed by atoms with E-state index in [1.165, 1.54) is 7.11 Å². The fourth-order valence-electron chi connectivity index (χ4n) is 5.74. The Morgan fingerprint density at radius 1 is 0.854 bits per heavy atom. The number of phenolic OH excluding ortho intramolecular Hbond substituents is 1. The number of carbonyl (C=O) groups excluding carboxylic acids is 2. The molecule has 0 fully saturated rings. The van der Waals surface area contributed by atoms with Gasteiger partial charge in [0.1, 0.15) is 0 Å². The van der Waals surface area contributed by atoms with E-state index in [2.05, 4.69) is 10.6 Å². The number of hydrogen-bond acceptors (Lipinski definition) is 7. The van der Waals surface area contributed by atoms with E-state index in [-0.39, 0.29) is 29.8 Å². The number of phenols is 1. The fourth-order valence-corrected chi connectivity index (χ4v) is 5.74. The van der Waals surface area contributed by atoms with E-state index >= 15 is 0 Å². The molecule has 0 radical (unpaired) electrons. The first-order valence-corrected chi connectivity index (χ1v) is 13.4. The second kappa shape index (κ2) is 11.4. The number of Topliss-reactive ketones (excluding diaryl/α,β-unsaturated/α-hetero) is 1. The lowest BCUT2D eigenvalue weighted by molar-refractivity contribution is -0.116. The average Bonchev–Trinajstić information content (AvgIpc) is 2.96. The van der Waals surface area contributed by atoms with Crippen LogP contribution >= 0.6 is 0 Å². The van der Waals surface area contributed by atoms with Crippen LogP contribution in [0.4, 0.5) is 5.69 Å². The fraction of sp³-hybridized carbons (Fsp3) is 0.273. The van der Waals surface area contributed by atoms with Gasteiger partial charge in [0.05, 0.1) is 21.3 Å². The van der Waals surface area contributed by atoms with Gasteiger partial charge in [0.2, 0.25) is 0 Å². The zero-order valence-electron chi connectivity index (χ0n) is 23.8. The third kappa shape index (κ3) is 5.37. The Morgan fingerprint density at radius 2 is 1.51 bits per heavy atom. The Balaban J connectivity index is 1.56. The topological polar surface area (TPSA) is 106 Å². The molecule has 1 aliphatic heterocycles. The van der Waals surface area contributed by atoms with E-state index in [0.29, 0.717) is 51.8 Å². The number of dihydropyridines is 1.